The van der Waals surface area contributed by atoms with Crippen LogP contribution in [0, 0.1) is 10.1 Å². The number of carbonyl (C=O) groups excluding carboxylic acids is 1. The van der Waals surface area contributed by atoms with Gasteiger partial charge in [-0.2, -0.15) is 0 Å². The predicted octanol–water partition coefficient (Wildman–Crippen LogP) is 0.848. The number of rotatable bonds is 2. The molecule has 0 radical (unpaired) electrons. The van der Waals surface area contributed by atoms with Gasteiger partial charge >= 0.3 is 5.69 Å². The third-order valence-electron chi connectivity index (χ3n) is 2.76. The Balaban J connectivity index is 2.31. The van der Waals surface area contributed by atoms with E-state index in [0.717, 1.165) is 0 Å². The van der Waals surface area contributed by atoms with E-state index >= 15 is 0 Å². The molecule has 0 unspecified atom stereocenters. The maximum atomic E-state index is 12.2. The largest absolute Gasteiger partial charge is 0.337 e. The van der Waals surface area contributed by atoms with Gasteiger partial charge in [-0.3, -0.25) is 19.1 Å². The van der Waals surface area contributed by atoms with Gasteiger partial charge < -0.3 is 4.90 Å². The summed E-state index contributed by atoms with van der Waals surface area (Å²) >= 11 is 5.66. The number of aromatic nitrogens is 1. The second-order valence-corrected chi connectivity index (χ2v) is 5.95. The summed E-state index contributed by atoms with van der Waals surface area (Å²) in [6.07, 6.45) is 1.25. The monoisotopic (exact) mass is 303 g/mol. The van der Waals surface area contributed by atoms with Crippen molar-refractivity contribution in [1.82, 2.24) is 9.88 Å². The van der Waals surface area contributed by atoms with Gasteiger partial charge in [0, 0.05) is 41.6 Å². The molecule has 9 heteroatoms. The van der Waals surface area contributed by atoms with Crippen molar-refractivity contribution in [1.29, 1.82) is 0 Å². The van der Waals surface area contributed by atoms with Crippen LogP contribution in [0.4, 0.5) is 5.69 Å². The Morgan fingerprint density at radius 1 is 1.47 bits per heavy atom. The molecule has 1 amide bonds. The molecule has 1 saturated heterocycles. The van der Waals surface area contributed by atoms with Crippen molar-refractivity contribution in [3.8, 4) is 0 Å². The summed E-state index contributed by atoms with van der Waals surface area (Å²) in [5.74, 6) is 0.296. The Morgan fingerprint density at radius 2 is 2.11 bits per heavy atom. The standard InChI is InChI=1S/C10H10ClN3O4S/c11-9-8(14(16)17)7(1-2-12-9)10(15)13-3-5-19(18)6-4-13/h1-2H,3-6H2. The van der Waals surface area contributed by atoms with E-state index in [1.807, 2.05) is 0 Å². The Morgan fingerprint density at radius 3 is 2.68 bits per heavy atom. The number of carbonyl (C=O) groups is 1. The Hall–Kier alpha value is -1.54. The lowest BCUT2D eigenvalue weighted by Gasteiger charge is -2.26. The maximum absolute atomic E-state index is 12.2. The molecule has 0 spiro atoms. The van der Waals surface area contributed by atoms with Crippen molar-refractivity contribution in [2.24, 2.45) is 0 Å². The lowest BCUT2D eigenvalue weighted by Crippen LogP contribution is -2.42. The van der Waals surface area contributed by atoms with E-state index in [4.69, 9.17) is 11.6 Å². The van der Waals surface area contributed by atoms with Crippen molar-refractivity contribution in [3.63, 3.8) is 0 Å². The lowest BCUT2D eigenvalue weighted by atomic mass is 10.2. The minimum atomic E-state index is -0.919. The SMILES string of the molecule is O=C(c1ccnc(Cl)c1[N+](=O)[O-])N1CCS(=O)CC1. The summed E-state index contributed by atoms with van der Waals surface area (Å²) in [4.78, 5) is 27.5. The van der Waals surface area contributed by atoms with E-state index in [2.05, 4.69) is 4.98 Å². The summed E-state index contributed by atoms with van der Waals surface area (Å²) in [7, 11) is -0.919. The Labute approximate surface area is 116 Å². The highest BCUT2D eigenvalue weighted by Gasteiger charge is 2.29. The molecule has 0 bridgehead atoms. The molecule has 2 heterocycles. The average molecular weight is 304 g/mol. The van der Waals surface area contributed by atoms with Gasteiger partial charge in [-0.15, -0.1) is 0 Å². The lowest BCUT2D eigenvalue weighted by molar-refractivity contribution is -0.385. The highest BCUT2D eigenvalue weighted by atomic mass is 35.5. The second kappa shape index (κ2) is 5.62. The van der Waals surface area contributed by atoms with Crippen LogP contribution in [0.2, 0.25) is 5.15 Å². The van der Waals surface area contributed by atoms with E-state index in [0.29, 0.717) is 24.6 Å². The van der Waals surface area contributed by atoms with E-state index in [1.54, 1.807) is 0 Å². The number of amides is 1. The van der Waals surface area contributed by atoms with Crippen molar-refractivity contribution in [2.75, 3.05) is 24.6 Å². The maximum Gasteiger partial charge on any atom is 0.319 e. The molecule has 102 valence electrons. The van der Waals surface area contributed by atoms with Crippen LogP contribution >= 0.6 is 11.6 Å². The molecule has 19 heavy (non-hydrogen) atoms. The number of halogens is 1. The fourth-order valence-corrected chi connectivity index (χ4v) is 3.07. The normalized spacial score (nSPS) is 16.4. The molecule has 0 aliphatic carbocycles. The van der Waals surface area contributed by atoms with Crippen LogP contribution < -0.4 is 0 Å². The van der Waals surface area contributed by atoms with Crippen LogP contribution in [0.15, 0.2) is 12.3 Å². The summed E-state index contributed by atoms with van der Waals surface area (Å²) < 4.78 is 11.2. The summed E-state index contributed by atoms with van der Waals surface area (Å²) in [6.45, 7) is 0.644. The van der Waals surface area contributed by atoms with Crippen molar-refractivity contribution in [2.45, 2.75) is 0 Å². The Bertz CT molecular complexity index is 556. The number of nitrogens with zero attached hydrogens (tertiary/aromatic N) is 3. The summed E-state index contributed by atoms with van der Waals surface area (Å²) in [6, 6.07) is 1.28. The van der Waals surface area contributed by atoms with Gasteiger partial charge in [0.1, 0.15) is 5.56 Å². The quantitative estimate of drug-likeness (QED) is 0.458. The predicted molar refractivity (Wildman–Crippen MR) is 69.7 cm³/mol. The molecule has 7 nitrogen and oxygen atoms in total. The fraction of sp³-hybridized carbons (Fsp3) is 0.400. The molecule has 0 aromatic carbocycles. The minimum Gasteiger partial charge on any atom is -0.337 e. The minimum absolute atomic E-state index is 0.0855. The molecule has 0 saturated carbocycles. The van der Waals surface area contributed by atoms with Crippen molar-refractivity contribution < 1.29 is 13.9 Å². The first-order valence-electron chi connectivity index (χ1n) is 5.44. The molecule has 2 rings (SSSR count). The first-order valence-corrected chi connectivity index (χ1v) is 7.30. The van der Waals surface area contributed by atoms with Crippen LogP contribution in [-0.4, -0.2) is 49.5 Å². The molecule has 1 aliphatic rings. The van der Waals surface area contributed by atoms with Gasteiger partial charge in [-0.25, -0.2) is 4.98 Å². The molecular formula is C10H10ClN3O4S. The molecule has 1 aromatic rings. The highest BCUT2D eigenvalue weighted by molar-refractivity contribution is 7.85. The zero-order chi connectivity index (χ0) is 14.0. The third-order valence-corrected chi connectivity index (χ3v) is 4.31. The molecule has 0 atom stereocenters. The number of hydrogen-bond donors (Lipinski definition) is 0. The number of pyridine rings is 1. The third kappa shape index (κ3) is 2.90. The van der Waals surface area contributed by atoms with E-state index in [-0.39, 0.29) is 10.7 Å². The zero-order valence-corrected chi connectivity index (χ0v) is 11.3. The van der Waals surface area contributed by atoms with Gasteiger partial charge in [-0.1, -0.05) is 11.6 Å². The number of hydrogen-bond acceptors (Lipinski definition) is 5. The zero-order valence-electron chi connectivity index (χ0n) is 9.74. The van der Waals surface area contributed by atoms with Crippen LogP contribution in [0.3, 0.4) is 0 Å². The van der Waals surface area contributed by atoms with Gasteiger partial charge in [0.05, 0.1) is 4.92 Å². The summed E-state index contributed by atoms with van der Waals surface area (Å²) in [5, 5.41) is 10.6. The van der Waals surface area contributed by atoms with Crippen LogP contribution in [0.25, 0.3) is 0 Å². The van der Waals surface area contributed by atoms with Gasteiger partial charge in [0.2, 0.25) is 5.15 Å². The van der Waals surface area contributed by atoms with Crippen LogP contribution in [-0.2, 0) is 10.8 Å². The van der Waals surface area contributed by atoms with Crippen molar-refractivity contribution >= 4 is 34.0 Å². The van der Waals surface area contributed by atoms with Crippen molar-refractivity contribution in [3.05, 3.63) is 33.1 Å². The molecular weight excluding hydrogens is 294 g/mol. The van der Waals surface area contributed by atoms with Gasteiger partial charge in [0.25, 0.3) is 5.91 Å². The first kappa shape index (κ1) is 13.9. The average Bonchev–Trinajstić information content (AvgIpc) is 2.38. The van der Waals surface area contributed by atoms with E-state index in [1.165, 1.54) is 17.2 Å². The molecule has 1 aliphatic heterocycles. The topological polar surface area (TPSA) is 93.4 Å². The fourth-order valence-electron chi connectivity index (χ4n) is 1.79. The second-order valence-electron chi connectivity index (χ2n) is 3.90. The smallest absolute Gasteiger partial charge is 0.319 e. The summed E-state index contributed by atoms with van der Waals surface area (Å²) in [5.41, 5.74) is -0.571. The first-order chi connectivity index (χ1) is 9.00. The molecule has 1 aromatic heterocycles. The van der Waals surface area contributed by atoms with E-state index < -0.39 is 27.3 Å². The van der Waals surface area contributed by atoms with Gasteiger partial charge in [-0.05, 0) is 6.07 Å². The van der Waals surface area contributed by atoms with Crippen LogP contribution in [0.5, 0.6) is 0 Å². The van der Waals surface area contributed by atoms with Gasteiger partial charge in [0.15, 0.2) is 0 Å². The molecule has 1 fully saturated rings. The highest BCUT2D eigenvalue weighted by Crippen LogP contribution is 2.27. The number of nitro groups is 1. The Kier molecular flexibility index (Phi) is 4.11. The van der Waals surface area contributed by atoms with Crippen LogP contribution in [0.1, 0.15) is 10.4 Å². The van der Waals surface area contributed by atoms with E-state index in [9.17, 15) is 19.1 Å². The molecule has 0 N–H and O–H groups in total.